The molecule has 3 aromatic heterocycles. The Morgan fingerprint density at radius 1 is 1.13 bits per heavy atom. The Morgan fingerprint density at radius 2 is 1.90 bits per heavy atom. The third-order valence-corrected chi connectivity index (χ3v) is 6.43. The van der Waals surface area contributed by atoms with Crippen LogP contribution in [0.1, 0.15) is 34.7 Å². The van der Waals surface area contributed by atoms with Crippen LogP contribution in [-0.4, -0.2) is 43.1 Å². The minimum atomic E-state index is -1.21. The molecule has 0 bridgehead atoms. The number of nitrogens with zero attached hydrogens (tertiary/aromatic N) is 4. The number of aromatic nitrogens is 4. The molecule has 1 aromatic carbocycles. The second-order valence-electron chi connectivity index (χ2n) is 7.56. The number of carbonyl (C=O) groups is 1. The van der Waals surface area contributed by atoms with E-state index in [0.717, 1.165) is 16.6 Å². The highest BCUT2D eigenvalue weighted by Gasteiger charge is 2.24. The van der Waals surface area contributed by atoms with Crippen LogP contribution in [0.25, 0.3) is 28.1 Å². The zero-order valence-corrected chi connectivity index (χ0v) is 17.9. The minimum Gasteiger partial charge on any atom is -0.465 e. The number of benzene rings is 1. The summed E-state index contributed by atoms with van der Waals surface area (Å²) in [6.07, 6.45) is 11.1. The summed E-state index contributed by atoms with van der Waals surface area (Å²) in [7, 11) is 0.126. The van der Waals surface area contributed by atoms with E-state index in [0.29, 0.717) is 27.8 Å². The van der Waals surface area contributed by atoms with E-state index >= 15 is 0 Å². The van der Waals surface area contributed by atoms with Crippen molar-refractivity contribution >= 4 is 27.7 Å². The van der Waals surface area contributed by atoms with Crippen LogP contribution in [0.5, 0.6) is 0 Å². The molecule has 8 heteroatoms. The molecule has 156 valence electrons. The minimum absolute atomic E-state index is 0.403. The van der Waals surface area contributed by atoms with Crippen LogP contribution in [-0.2, 0) is 15.5 Å². The zero-order chi connectivity index (χ0) is 21.5. The number of hydrogen-bond donors (Lipinski definition) is 0. The van der Waals surface area contributed by atoms with Gasteiger partial charge in [-0.25, -0.2) is 14.8 Å². The Kier molecular flexibility index (Phi) is 4.86. The van der Waals surface area contributed by atoms with Gasteiger partial charge in [-0.05, 0) is 48.6 Å². The number of rotatable bonds is 5. The summed E-state index contributed by atoms with van der Waals surface area (Å²) in [5, 5.41) is 0.778. The van der Waals surface area contributed by atoms with Gasteiger partial charge in [0.2, 0.25) is 5.95 Å². The van der Waals surface area contributed by atoms with E-state index in [9.17, 15) is 9.00 Å². The highest BCUT2D eigenvalue weighted by atomic mass is 32.2. The average Bonchev–Trinajstić information content (AvgIpc) is 3.59. The summed E-state index contributed by atoms with van der Waals surface area (Å²) in [6.45, 7) is 0. The number of carbonyl (C=O) groups excluding carboxylic acids is 1. The van der Waals surface area contributed by atoms with E-state index in [2.05, 4.69) is 27.1 Å². The molecule has 31 heavy (non-hydrogen) atoms. The molecule has 1 unspecified atom stereocenters. The number of methoxy groups -OCH3 is 1. The smallest absolute Gasteiger partial charge is 0.337 e. The van der Waals surface area contributed by atoms with Gasteiger partial charge in [0.1, 0.15) is 0 Å². The number of pyridine rings is 1. The van der Waals surface area contributed by atoms with Crippen molar-refractivity contribution in [2.45, 2.75) is 23.7 Å². The molecular weight excluding hydrogens is 412 g/mol. The monoisotopic (exact) mass is 432 g/mol. The molecule has 1 aliphatic rings. The van der Waals surface area contributed by atoms with Crippen molar-refractivity contribution in [1.82, 2.24) is 19.5 Å². The van der Waals surface area contributed by atoms with Crippen molar-refractivity contribution in [2.75, 3.05) is 13.4 Å². The number of hydrogen-bond acceptors (Lipinski definition) is 6. The maximum Gasteiger partial charge on any atom is 0.337 e. The van der Waals surface area contributed by atoms with Gasteiger partial charge in [-0.3, -0.25) is 13.8 Å². The fraction of sp³-hybridized carbons (Fsp3) is 0.217. The summed E-state index contributed by atoms with van der Waals surface area (Å²) in [5.41, 5.74) is 4.07. The summed E-state index contributed by atoms with van der Waals surface area (Å²) < 4.78 is 18.8. The highest BCUT2D eigenvalue weighted by molar-refractivity contribution is 7.84. The van der Waals surface area contributed by atoms with Crippen molar-refractivity contribution < 1.29 is 13.7 Å². The third kappa shape index (κ3) is 3.63. The van der Waals surface area contributed by atoms with Gasteiger partial charge in [0.15, 0.2) is 0 Å². The molecule has 0 amide bonds. The predicted octanol–water partition coefficient (Wildman–Crippen LogP) is 3.88. The van der Waals surface area contributed by atoms with Crippen LogP contribution in [0, 0.1) is 0 Å². The molecule has 4 aromatic rings. The van der Waals surface area contributed by atoms with Crippen LogP contribution in [0.3, 0.4) is 0 Å². The summed E-state index contributed by atoms with van der Waals surface area (Å²) in [5.74, 6) is 0.628. The van der Waals surface area contributed by atoms with Crippen LogP contribution in [0.15, 0.2) is 60.0 Å². The van der Waals surface area contributed by atoms with E-state index in [1.54, 1.807) is 47.6 Å². The first kappa shape index (κ1) is 19.6. The van der Waals surface area contributed by atoms with Gasteiger partial charge < -0.3 is 4.74 Å². The fourth-order valence-corrected chi connectivity index (χ4v) is 4.42. The lowest BCUT2D eigenvalue weighted by Crippen LogP contribution is -2.03. The van der Waals surface area contributed by atoms with E-state index < -0.39 is 16.8 Å². The molecule has 1 atom stereocenters. The molecule has 1 aliphatic carbocycles. The van der Waals surface area contributed by atoms with Gasteiger partial charge in [0.05, 0.1) is 39.6 Å². The molecule has 1 saturated carbocycles. The molecule has 3 heterocycles. The lowest BCUT2D eigenvalue weighted by atomic mass is 10.1. The van der Waals surface area contributed by atoms with E-state index in [1.165, 1.54) is 25.5 Å². The van der Waals surface area contributed by atoms with Crippen molar-refractivity contribution in [1.29, 1.82) is 0 Å². The second-order valence-corrected chi connectivity index (χ2v) is 8.91. The molecule has 0 aliphatic heterocycles. The predicted molar refractivity (Wildman–Crippen MR) is 118 cm³/mol. The van der Waals surface area contributed by atoms with Crippen molar-refractivity contribution in [3.05, 3.63) is 66.2 Å². The van der Waals surface area contributed by atoms with Gasteiger partial charge in [-0.2, -0.15) is 0 Å². The Morgan fingerprint density at radius 3 is 2.58 bits per heavy atom. The lowest BCUT2D eigenvalue weighted by Gasteiger charge is -2.07. The van der Waals surface area contributed by atoms with Crippen LogP contribution in [0.2, 0.25) is 0 Å². The molecule has 0 N–H and O–H groups in total. The van der Waals surface area contributed by atoms with Gasteiger partial charge in [0, 0.05) is 42.0 Å². The molecule has 7 nitrogen and oxygen atoms in total. The van der Waals surface area contributed by atoms with Crippen LogP contribution in [0.4, 0.5) is 0 Å². The van der Waals surface area contributed by atoms with Crippen LogP contribution < -0.4 is 0 Å². The zero-order valence-electron chi connectivity index (χ0n) is 17.1. The normalized spacial score (nSPS) is 14.5. The number of esters is 1. The van der Waals surface area contributed by atoms with E-state index in [-0.39, 0.29) is 0 Å². The standard InChI is InChI=1S/C23H20N4O3S/c1-30-22(28)16-5-6-18-20(10-16)27(13-21(18)31(2)29)23-25-11-17(12-26-23)19-9-15(7-8-24-19)14-3-4-14/h5-14H,3-4H2,1-2H3. The lowest BCUT2D eigenvalue weighted by molar-refractivity contribution is 0.0601. The van der Waals surface area contributed by atoms with Crippen LogP contribution >= 0.6 is 0 Å². The highest BCUT2D eigenvalue weighted by Crippen LogP contribution is 2.40. The topological polar surface area (TPSA) is 87.0 Å². The van der Waals surface area contributed by atoms with Gasteiger partial charge in [-0.1, -0.05) is 6.07 Å². The Hall–Kier alpha value is -3.39. The second kappa shape index (κ2) is 7.70. The first-order valence-corrected chi connectivity index (χ1v) is 11.5. The maximum atomic E-state index is 12.3. The SMILES string of the molecule is COC(=O)c1ccc2c(S(C)=O)cn(-c3ncc(-c4cc(C5CC5)ccn4)cn3)c2c1. The van der Waals surface area contributed by atoms with E-state index in [4.69, 9.17) is 4.74 Å². The Bertz CT molecular complexity index is 1330. The van der Waals surface area contributed by atoms with Crippen molar-refractivity contribution in [2.24, 2.45) is 0 Å². The average molecular weight is 433 g/mol. The maximum absolute atomic E-state index is 12.3. The van der Waals surface area contributed by atoms with Gasteiger partial charge in [-0.15, -0.1) is 0 Å². The summed E-state index contributed by atoms with van der Waals surface area (Å²) in [6, 6.07) is 9.30. The third-order valence-electron chi connectivity index (χ3n) is 5.48. The molecule has 0 saturated heterocycles. The van der Waals surface area contributed by atoms with Gasteiger partial charge in [0.25, 0.3) is 0 Å². The van der Waals surface area contributed by atoms with Crippen molar-refractivity contribution in [3.63, 3.8) is 0 Å². The summed E-state index contributed by atoms with van der Waals surface area (Å²) >= 11 is 0. The number of ether oxygens (including phenoxy) is 1. The molecule has 0 spiro atoms. The summed E-state index contributed by atoms with van der Waals surface area (Å²) in [4.78, 5) is 26.2. The van der Waals surface area contributed by atoms with E-state index in [1.807, 2.05) is 6.20 Å². The quantitative estimate of drug-likeness (QED) is 0.445. The molecule has 5 rings (SSSR count). The fourth-order valence-electron chi connectivity index (χ4n) is 3.69. The Labute approximate surface area is 181 Å². The molecular formula is C23H20N4O3S. The first-order valence-electron chi connectivity index (χ1n) is 9.90. The number of fused-ring (bicyclic) bond motifs is 1. The largest absolute Gasteiger partial charge is 0.465 e. The first-order chi connectivity index (χ1) is 15.0. The van der Waals surface area contributed by atoms with Gasteiger partial charge >= 0.3 is 5.97 Å². The molecule has 1 fully saturated rings. The van der Waals surface area contributed by atoms with Crippen molar-refractivity contribution in [3.8, 4) is 17.2 Å². The molecule has 0 radical (unpaired) electrons. The Balaban J connectivity index is 1.57.